The van der Waals surface area contributed by atoms with E-state index in [-0.39, 0.29) is 17.4 Å². The summed E-state index contributed by atoms with van der Waals surface area (Å²) in [6.45, 7) is 0. The molecule has 1 heterocycles. The number of anilines is 1. The number of hydrogen-bond donors (Lipinski definition) is 3. The highest BCUT2D eigenvalue weighted by molar-refractivity contribution is 7.16. The zero-order valence-electron chi connectivity index (χ0n) is 15.4. The molecule has 4 aromatic rings. The maximum atomic E-state index is 12.5. The normalized spacial score (nSPS) is 10.6. The summed E-state index contributed by atoms with van der Waals surface area (Å²) in [6, 6.07) is 23.0. The van der Waals surface area contributed by atoms with Crippen molar-refractivity contribution in [3.05, 3.63) is 94.9 Å². The smallest absolute Gasteiger partial charge is 0.257 e. The van der Waals surface area contributed by atoms with Crippen molar-refractivity contribution in [3.8, 4) is 22.8 Å². The van der Waals surface area contributed by atoms with Crippen molar-refractivity contribution in [2.24, 2.45) is 0 Å². The summed E-state index contributed by atoms with van der Waals surface area (Å²) in [7, 11) is 0. The lowest BCUT2D eigenvalue weighted by atomic mass is 10.1. The summed E-state index contributed by atoms with van der Waals surface area (Å²) >= 11 is 1.42. The second-order valence-corrected chi connectivity index (χ2v) is 7.58. The SMILES string of the molecule is O=C(Nc1nc(-c2ccc(O)cc2)c(Cc2ccccc2)s1)c1ccc(O)cc1. The van der Waals surface area contributed by atoms with Gasteiger partial charge in [0.05, 0.1) is 5.69 Å². The van der Waals surface area contributed by atoms with Crippen molar-refractivity contribution in [1.29, 1.82) is 0 Å². The predicted octanol–water partition coefficient (Wildman–Crippen LogP) is 5.06. The van der Waals surface area contributed by atoms with E-state index in [9.17, 15) is 15.0 Å². The molecule has 0 saturated carbocycles. The van der Waals surface area contributed by atoms with Crippen LogP contribution in [-0.2, 0) is 6.42 Å². The van der Waals surface area contributed by atoms with E-state index in [4.69, 9.17) is 0 Å². The maximum absolute atomic E-state index is 12.5. The Morgan fingerprint density at radius 3 is 2.14 bits per heavy atom. The molecule has 0 unspecified atom stereocenters. The predicted molar refractivity (Wildman–Crippen MR) is 115 cm³/mol. The van der Waals surface area contributed by atoms with Gasteiger partial charge < -0.3 is 10.2 Å². The van der Waals surface area contributed by atoms with Gasteiger partial charge in [0.15, 0.2) is 5.13 Å². The number of aromatic nitrogens is 1. The minimum absolute atomic E-state index is 0.107. The number of hydrogen-bond acceptors (Lipinski definition) is 5. The Labute approximate surface area is 171 Å². The number of thiazole rings is 1. The lowest BCUT2D eigenvalue weighted by molar-refractivity contribution is 0.102. The van der Waals surface area contributed by atoms with Gasteiger partial charge in [-0.05, 0) is 54.1 Å². The van der Waals surface area contributed by atoms with Gasteiger partial charge in [-0.3, -0.25) is 10.1 Å². The minimum atomic E-state index is -0.290. The Bertz CT molecular complexity index is 1120. The molecule has 1 amide bonds. The van der Waals surface area contributed by atoms with Gasteiger partial charge in [0.1, 0.15) is 11.5 Å². The molecule has 0 atom stereocenters. The van der Waals surface area contributed by atoms with Crippen LogP contribution in [0.2, 0.25) is 0 Å². The summed E-state index contributed by atoms with van der Waals surface area (Å²) in [5.41, 5.74) is 3.23. The van der Waals surface area contributed by atoms with E-state index in [1.54, 1.807) is 24.3 Å². The molecule has 0 fully saturated rings. The topological polar surface area (TPSA) is 82.5 Å². The van der Waals surface area contributed by atoms with Gasteiger partial charge in [-0.15, -0.1) is 11.3 Å². The Morgan fingerprint density at radius 2 is 1.48 bits per heavy atom. The largest absolute Gasteiger partial charge is 0.508 e. The molecule has 29 heavy (non-hydrogen) atoms. The van der Waals surface area contributed by atoms with Gasteiger partial charge in [0.25, 0.3) is 5.91 Å². The number of nitrogens with zero attached hydrogens (tertiary/aromatic N) is 1. The van der Waals surface area contributed by atoms with Crippen LogP contribution < -0.4 is 5.32 Å². The summed E-state index contributed by atoms with van der Waals surface area (Å²) in [6.07, 6.45) is 0.684. The fourth-order valence-electron chi connectivity index (χ4n) is 2.93. The van der Waals surface area contributed by atoms with Gasteiger partial charge in [0, 0.05) is 22.4 Å². The van der Waals surface area contributed by atoms with Gasteiger partial charge >= 0.3 is 0 Å². The van der Waals surface area contributed by atoms with Crippen LogP contribution in [-0.4, -0.2) is 21.1 Å². The van der Waals surface area contributed by atoms with Crippen LogP contribution in [0.5, 0.6) is 11.5 Å². The molecular weight excluding hydrogens is 384 g/mol. The molecule has 0 saturated heterocycles. The number of aromatic hydroxyl groups is 2. The van der Waals surface area contributed by atoms with Crippen molar-refractivity contribution >= 4 is 22.4 Å². The molecule has 0 aliphatic carbocycles. The summed E-state index contributed by atoms with van der Waals surface area (Å²) in [5.74, 6) is 0.00674. The number of benzene rings is 3. The van der Waals surface area contributed by atoms with Gasteiger partial charge in [-0.25, -0.2) is 4.98 Å². The van der Waals surface area contributed by atoms with Crippen molar-refractivity contribution in [2.75, 3.05) is 5.32 Å². The fraction of sp³-hybridized carbons (Fsp3) is 0.0435. The molecule has 144 valence electrons. The quantitative estimate of drug-likeness (QED) is 0.436. The van der Waals surface area contributed by atoms with E-state index in [1.165, 1.54) is 23.5 Å². The molecule has 3 aromatic carbocycles. The average Bonchev–Trinajstić information content (AvgIpc) is 3.11. The molecule has 0 radical (unpaired) electrons. The van der Waals surface area contributed by atoms with Crippen LogP contribution in [0.15, 0.2) is 78.9 Å². The fourth-order valence-corrected chi connectivity index (χ4v) is 3.95. The number of nitrogens with one attached hydrogen (secondary N) is 1. The Kier molecular flexibility index (Phi) is 5.27. The molecule has 6 heteroatoms. The van der Waals surface area contributed by atoms with Gasteiger partial charge in [-0.2, -0.15) is 0 Å². The highest BCUT2D eigenvalue weighted by Crippen LogP contribution is 2.34. The van der Waals surface area contributed by atoms with Crippen LogP contribution in [0.25, 0.3) is 11.3 Å². The first-order chi connectivity index (χ1) is 14.1. The van der Waals surface area contributed by atoms with Crippen LogP contribution >= 0.6 is 11.3 Å². The Hall–Kier alpha value is -3.64. The monoisotopic (exact) mass is 402 g/mol. The third kappa shape index (κ3) is 4.44. The van der Waals surface area contributed by atoms with Crippen molar-refractivity contribution in [3.63, 3.8) is 0 Å². The number of rotatable bonds is 5. The first-order valence-corrected chi connectivity index (χ1v) is 9.83. The maximum Gasteiger partial charge on any atom is 0.257 e. The van der Waals surface area contributed by atoms with E-state index in [0.29, 0.717) is 17.1 Å². The summed E-state index contributed by atoms with van der Waals surface area (Å²) in [4.78, 5) is 18.2. The molecule has 3 N–H and O–H groups in total. The first-order valence-electron chi connectivity index (χ1n) is 9.02. The molecule has 0 aliphatic rings. The van der Waals surface area contributed by atoms with E-state index in [2.05, 4.69) is 22.4 Å². The van der Waals surface area contributed by atoms with Gasteiger partial charge in [0.2, 0.25) is 0 Å². The number of carbonyl (C=O) groups excluding carboxylic acids is 1. The number of amides is 1. The number of phenolic OH excluding ortho intramolecular Hbond substituents is 2. The average molecular weight is 402 g/mol. The van der Waals surface area contributed by atoms with Gasteiger partial charge in [-0.1, -0.05) is 30.3 Å². The lowest BCUT2D eigenvalue weighted by Gasteiger charge is -2.03. The molecular formula is C23H18N2O3S. The summed E-state index contributed by atoms with van der Waals surface area (Å²) in [5, 5.41) is 22.3. The zero-order chi connectivity index (χ0) is 20.2. The molecule has 0 spiro atoms. The molecule has 0 bridgehead atoms. The molecule has 0 aliphatic heterocycles. The van der Waals surface area contributed by atoms with Crippen LogP contribution in [0.4, 0.5) is 5.13 Å². The molecule has 1 aromatic heterocycles. The van der Waals surface area contributed by atoms with E-state index >= 15 is 0 Å². The standard InChI is InChI=1S/C23H18N2O3S/c26-18-10-6-16(7-11-18)21-20(14-15-4-2-1-3-5-15)29-23(24-21)25-22(28)17-8-12-19(27)13-9-17/h1-13,26-27H,14H2,(H,24,25,28). The van der Waals surface area contributed by atoms with Crippen LogP contribution in [0.3, 0.4) is 0 Å². The van der Waals surface area contributed by atoms with Crippen molar-refractivity contribution in [1.82, 2.24) is 4.98 Å². The number of phenols is 2. The second kappa shape index (κ2) is 8.16. The molecule has 4 rings (SSSR count). The number of carbonyl (C=O) groups is 1. The summed E-state index contributed by atoms with van der Waals surface area (Å²) < 4.78 is 0. The van der Waals surface area contributed by atoms with Crippen molar-refractivity contribution < 1.29 is 15.0 Å². The highest BCUT2D eigenvalue weighted by atomic mass is 32.1. The van der Waals surface area contributed by atoms with Crippen LogP contribution in [0.1, 0.15) is 20.8 Å². The van der Waals surface area contributed by atoms with E-state index < -0.39 is 0 Å². The Balaban J connectivity index is 1.65. The second-order valence-electron chi connectivity index (χ2n) is 6.50. The van der Waals surface area contributed by atoms with Crippen LogP contribution in [0, 0.1) is 0 Å². The molecule has 5 nitrogen and oxygen atoms in total. The highest BCUT2D eigenvalue weighted by Gasteiger charge is 2.16. The Morgan fingerprint density at radius 1 is 0.862 bits per heavy atom. The zero-order valence-corrected chi connectivity index (χ0v) is 16.2. The van der Waals surface area contributed by atoms with E-state index in [1.807, 2.05) is 30.3 Å². The minimum Gasteiger partial charge on any atom is -0.508 e. The third-order valence-corrected chi connectivity index (χ3v) is 5.37. The van der Waals surface area contributed by atoms with E-state index in [0.717, 1.165) is 21.7 Å². The van der Waals surface area contributed by atoms with Crippen molar-refractivity contribution in [2.45, 2.75) is 6.42 Å². The lowest BCUT2D eigenvalue weighted by Crippen LogP contribution is -2.11. The third-order valence-electron chi connectivity index (χ3n) is 4.40. The first kappa shape index (κ1) is 18.7.